The van der Waals surface area contributed by atoms with E-state index < -0.39 is 12.1 Å². The minimum absolute atomic E-state index is 0.0276. The summed E-state index contributed by atoms with van der Waals surface area (Å²) in [6, 6.07) is 16.2. The minimum atomic E-state index is -1.00. The number of carboxylic acids is 1. The van der Waals surface area contributed by atoms with Gasteiger partial charge in [0.15, 0.2) is 0 Å². The third-order valence-electron chi connectivity index (χ3n) is 4.32. The number of aromatic nitrogens is 2. The number of hydrogen-bond donors (Lipinski definition) is 2. The molecule has 2 aromatic carbocycles. The zero-order chi connectivity index (χ0) is 18.8. The fourth-order valence-corrected chi connectivity index (χ4v) is 3.94. The van der Waals surface area contributed by atoms with Crippen LogP contribution >= 0.6 is 11.3 Å². The van der Waals surface area contributed by atoms with E-state index >= 15 is 0 Å². The van der Waals surface area contributed by atoms with Gasteiger partial charge < -0.3 is 9.84 Å². The molecule has 1 heterocycles. The maximum atomic E-state index is 12.1. The molecular formula is C19H15N3O4S. The van der Waals surface area contributed by atoms with Gasteiger partial charge in [-0.3, -0.25) is 10.1 Å². The SMILES string of the molecule is O=C(O)Cc1nnc(NC(=O)OCC2c3ccccc3-c3ccccc32)s1. The van der Waals surface area contributed by atoms with Crippen LogP contribution in [0.2, 0.25) is 0 Å². The highest BCUT2D eigenvalue weighted by molar-refractivity contribution is 7.15. The Kier molecular flexibility index (Phi) is 4.55. The minimum Gasteiger partial charge on any atom is -0.481 e. The largest absolute Gasteiger partial charge is 0.481 e. The van der Waals surface area contributed by atoms with Crippen molar-refractivity contribution in [2.24, 2.45) is 0 Å². The number of rotatable bonds is 5. The van der Waals surface area contributed by atoms with Crippen molar-refractivity contribution in [1.29, 1.82) is 0 Å². The number of carbonyl (C=O) groups excluding carboxylic acids is 1. The summed E-state index contributed by atoms with van der Waals surface area (Å²) >= 11 is 1.01. The van der Waals surface area contributed by atoms with Gasteiger partial charge in [-0.1, -0.05) is 59.9 Å². The molecule has 1 aromatic heterocycles. The highest BCUT2D eigenvalue weighted by Gasteiger charge is 2.29. The number of fused-ring (bicyclic) bond motifs is 3. The lowest BCUT2D eigenvalue weighted by Gasteiger charge is -2.13. The molecule has 0 fully saturated rings. The van der Waals surface area contributed by atoms with Gasteiger partial charge in [0.25, 0.3) is 0 Å². The van der Waals surface area contributed by atoms with Crippen molar-refractivity contribution in [1.82, 2.24) is 10.2 Å². The molecule has 1 aliphatic carbocycles. The number of aliphatic carboxylic acids is 1. The van der Waals surface area contributed by atoms with E-state index in [1.165, 1.54) is 0 Å². The zero-order valence-electron chi connectivity index (χ0n) is 14.1. The number of ether oxygens (including phenoxy) is 1. The van der Waals surface area contributed by atoms with Gasteiger partial charge in [-0.05, 0) is 22.3 Å². The van der Waals surface area contributed by atoms with Crippen LogP contribution in [0.5, 0.6) is 0 Å². The summed E-state index contributed by atoms with van der Waals surface area (Å²) in [6.07, 6.45) is -0.876. The molecule has 0 unspecified atom stereocenters. The number of amides is 1. The average molecular weight is 381 g/mol. The number of benzene rings is 2. The molecule has 8 heteroatoms. The van der Waals surface area contributed by atoms with E-state index in [0.29, 0.717) is 5.01 Å². The quantitative estimate of drug-likeness (QED) is 0.701. The van der Waals surface area contributed by atoms with Crippen LogP contribution in [0, 0.1) is 0 Å². The number of carboxylic acid groups (broad SMARTS) is 1. The van der Waals surface area contributed by atoms with E-state index in [0.717, 1.165) is 33.6 Å². The summed E-state index contributed by atoms with van der Waals surface area (Å²) in [5, 5.41) is 19.3. The molecule has 0 bridgehead atoms. The first-order valence-electron chi connectivity index (χ1n) is 8.28. The van der Waals surface area contributed by atoms with Crippen molar-refractivity contribution in [3.05, 3.63) is 64.7 Å². The second-order valence-corrected chi connectivity index (χ2v) is 7.08. The highest BCUT2D eigenvalue weighted by Crippen LogP contribution is 2.44. The molecular weight excluding hydrogens is 366 g/mol. The summed E-state index contributed by atoms with van der Waals surface area (Å²) < 4.78 is 5.41. The highest BCUT2D eigenvalue weighted by atomic mass is 32.1. The normalized spacial score (nSPS) is 12.3. The number of nitrogens with one attached hydrogen (secondary N) is 1. The molecule has 0 atom stereocenters. The summed E-state index contributed by atoms with van der Waals surface area (Å²) in [5.74, 6) is -1.03. The van der Waals surface area contributed by atoms with Crippen LogP contribution < -0.4 is 5.32 Å². The van der Waals surface area contributed by atoms with Crippen molar-refractivity contribution in [2.75, 3.05) is 11.9 Å². The van der Waals surface area contributed by atoms with Gasteiger partial charge in [-0.2, -0.15) is 0 Å². The zero-order valence-corrected chi connectivity index (χ0v) is 14.9. The molecule has 0 aliphatic heterocycles. The van der Waals surface area contributed by atoms with Crippen LogP contribution in [0.15, 0.2) is 48.5 Å². The van der Waals surface area contributed by atoms with Crippen LogP contribution in [-0.4, -0.2) is 34.0 Å². The second-order valence-electron chi connectivity index (χ2n) is 6.02. The van der Waals surface area contributed by atoms with E-state index in [2.05, 4.69) is 27.6 Å². The fraction of sp³-hybridized carbons (Fsp3) is 0.158. The summed E-state index contributed by atoms with van der Waals surface area (Å²) in [7, 11) is 0. The number of carbonyl (C=O) groups is 2. The van der Waals surface area contributed by atoms with Gasteiger partial charge in [0, 0.05) is 5.92 Å². The number of nitrogens with zero attached hydrogens (tertiary/aromatic N) is 2. The topological polar surface area (TPSA) is 101 Å². The van der Waals surface area contributed by atoms with E-state index in [1.54, 1.807) is 0 Å². The van der Waals surface area contributed by atoms with Crippen LogP contribution in [0.25, 0.3) is 11.1 Å². The van der Waals surface area contributed by atoms with E-state index in [4.69, 9.17) is 9.84 Å². The van der Waals surface area contributed by atoms with E-state index in [-0.39, 0.29) is 24.1 Å². The number of hydrogen-bond acceptors (Lipinski definition) is 6. The van der Waals surface area contributed by atoms with Crippen molar-refractivity contribution >= 4 is 28.5 Å². The van der Waals surface area contributed by atoms with Crippen LogP contribution in [-0.2, 0) is 16.0 Å². The van der Waals surface area contributed by atoms with Crippen LogP contribution in [0.4, 0.5) is 9.93 Å². The molecule has 7 nitrogen and oxygen atoms in total. The first kappa shape index (κ1) is 17.2. The predicted octanol–water partition coefficient (Wildman–Crippen LogP) is 3.53. The molecule has 2 N–H and O–H groups in total. The van der Waals surface area contributed by atoms with E-state index in [9.17, 15) is 9.59 Å². The van der Waals surface area contributed by atoms with Crippen molar-refractivity contribution in [3.8, 4) is 11.1 Å². The standard InChI is InChI=1S/C19H15N3O4S/c23-17(24)9-16-21-22-18(27-16)20-19(25)26-10-15-13-7-3-1-5-11(13)12-6-2-4-8-14(12)15/h1-8,15H,9-10H2,(H,23,24)(H,20,22,25). The molecule has 136 valence electrons. The Balaban J connectivity index is 1.43. The van der Waals surface area contributed by atoms with Crippen molar-refractivity contribution in [2.45, 2.75) is 12.3 Å². The van der Waals surface area contributed by atoms with Crippen molar-refractivity contribution in [3.63, 3.8) is 0 Å². The molecule has 1 aliphatic rings. The number of anilines is 1. The molecule has 3 aromatic rings. The fourth-order valence-electron chi connectivity index (χ4n) is 3.23. The molecule has 0 saturated heterocycles. The maximum Gasteiger partial charge on any atom is 0.413 e. The van der Waals surface area contributed by atoms with Crippen molar-refractivity contribution < 1.29 is 19.4 Å². The lowest BCUT2D eigenvalue weighted by molar-refractivity contribution is -0.136. The van der Waals surface area contributed by atoms with Gasteiger partial charge in [-0.15, -0.1) is 10.2 Å². The van der Waals surface area contributed by atoms with Gasteiger partial charge in [0.2, 0.25) is 5.13 Å². The Bertz CT molecular complexity index is 972. The van der Waals surface area contributed by atoms with E-state index in [1.807, 2.05) is 36.4 Å². The second kappa shape index (κ2) is 7.16. The lowest BCUT2D eigenvalue weighted by Crippen LogP contribution is -2.17. The third kappa shape index (κ3) is 3.52. The predicted molar refractivity (Wildman–Crippen MR) is 99.9 cm³/mol. The first-order valence-corrected chi connectivity index (χ1v) is 9.09. The Labute approximate surface area is 158 Å². The third-order valence-corrected chi connectivity index (χ3v) is 5.16. The summed E-state index contributed by atoms with van der Waals surface area (Å²) in [4.78, 5) is 22.8. The molecule has 0 saturated carbocycles. The molecule has 0 spiro atoms. The van der Waals surface area contributed by atoms with Gasteiger partial charge in [0.1, 0.15) is 11.6 Å². The van der Waals surface area contributed by atoms with Crippen LogP contribution in [0.3, 0.4) is 0 Å². The van der Waals surface area contributed by atoms with Gasteiger partial charge in [-0.25, -0.2) is 4.79 Å². The summed E-state index contributed by atoms with van der Waals surface area (Å²) in [6.45, 7) is 0.195. The van der Waals surface area contributed by atoms with Gasteiger partial charge >= 0.3 is 12.1 Å². The van der Waals surface area contributed by atoms with Crippen LogP contribution in [0.1, 0.15) is 22.1 Å². The Morgan fingerprint density at radius 3 is 2.30 bits per heavy atom. The smallest absolute Gasteiger partial charge is 0.413 e. The Morgan fingerprint density at radius 2 is 1.67 bits per heavy atom. The molecule has 27 heavy (non-hydrogen) atoms. The Hall–Kier alpha value is -3.26. The molecule has 4 rings (SSSR count). The monoisotopic (exact) mass is 381 g/mol. The first-order chi connectivity index (χ1) is 13.1. The Morgan fingerprint density at radius 1 is 1.04 bits per heavy atom. The maximum absolute atomic E-state index is 12.1. The molecule has 1 amide bonds. The molecule has 0 radical (unpaired) electrons. The lowest BCUT2D eigenvalue weighted by atomic mass is 9.98. The van der Waals surface area contributed by atoms with Gasteiger partial charge in [0.05, 0.1) is 6.42 Å². The average Bonchev–Trinajstić information content (AvgIpc) is 3.21. The summed E-state index contributed by atoms with van der Waals surface area (Å²) in [5.41, 5.74) is 4.58.